The molecule has 15 heavy (non-hydrogen) atoms. The summed E-state index contributed by atoms with van der Waals surface area (Å²) in [4.78, 5) is 0. The van der Waals surface area contributed by atoms with Crippen molar-refractivity contribution in [2.75, 3.05) is 25.9 Å². The number of rotatable bonds is 3. The van der Waals surface area contributed by atoms with Crippen LogP contribution < -0.4 is 5.32 Å². The zero-order chi connectivity index (χ0) is 11.5. The summed E-state index contributed by atoms with van der Waals surface area (Å²) in [6.45, 7) is 6.62. The van der Waals surface area contributed by atoms with Crippen LogP contribution in [0.3, 0.4) is 0 Å². The molecule has 1 saturated heterocycles. The third-order valence-electron chi connectivity index (χ3n) is 2.69. The third kappa shape index (κ3) is 4.09. The van der Waals surface area contributed by atoms with Crippen LogP contribution >= 0.6 is 0 Å². The van der Waals surface area contributed by atoms with Crippen LogP contribution in [-0.4, -0.2) is 44.7 Å². The molecule has 0 radical (unpaired) electrons. The lowest BCUT2D eigenvalue weighted by Crippen LogP contribution is -2.43. The van der Waals surface area contributed by atoms with Gasteiger partial charge in [0, 0.05) is 19.1 Å². The first-order chi connectivity index (χ1) is 6.91. The van der Waals surface area contributed by atoms with Gasteiger partial charge >= 0.3 is 0 Å². The van der Waals surface area contributed by atoms with E-state index in [0.717, 1.165) is 25.9 Å². The van der Waals surface area contributed by atoms with Gasteiger partial charge in [-0.1, -0.05) is 13.8 Å². The minimum absolute atomic E-state index is 0.127. The fourth-order valence-electron chi connectivity index (χ4n) is 2.09. The molecule has 0 aromatic rings. The van der Waals surface area contributed by atoms with Crippen LogP contribution in [0, 0.1) is 5.92 Å². The molecule has 1 aliphatic rings. The second kappa shape index (κ2) is 5.27. The van der Waals surface area contributed by atoms with Gasteiger partial charge in [0.15, 0.2) is 0 Å². The van der Waals surface area contributed by atoms with Gasteiger partial charge in [-0.2, -0.15) is 4.31 Å². The van der Waals surface area contributed by atoms with Crippen LogP contribution in [-0.2, 0) is 10.0 Å². The molecular weight excluding hydrogens is 212 g/mol. The Kier molecular flexibility index (Phi) is 4.55. The van der Waals surface area contributed by atoms with Crippen molar-refractivity contribution in [3.05, 3.63) is 0 Å². The summed E-state index contributed by atoms with van der Waals surface area (Å²) in [5.41, 5.74) is 0. The second-order valence-corrected chi connectivity index (χ2v) is 6.65. The Labute approximate surface area is 93.1 Å². The molecule has 0 bridgehead atoms. The highest BCUT2D eigenvalue weighted by Gasteiger charge is 2.28. The highest BCUT2D eigenvalue weighted by atomic mass is 32.2. The normalized spacial score (nSPS) is 25.5. The van der Waals surface area contributed by atoms with Gasteiger partial charge in [-0.3, -0.25) is 0 Å². The second-order valence-electron chi connectivity index (χ2n) is 4.71. The van der Waals surface area contributed by atoms with Crippen molar-refractivity contribution in [2.45, 2.75) is 32.7 Å². The fourth-order valence-corrected chi connectivity index (χ4v) is 3.26. The maximum atomic E-state index is 11.6. The van der Waals surface area contributed by atoms with E-state index in [0.29, 0.717) is 12.5 Å². The topological polar surface area (TPSA) is 49.4 Å². The molecule has 1 unspecified atom stereocenters. The van der Waals surface area contributed by atoms with Gasteiger partial charge in [0.05, 0.1) is 6.26 Å². The number of hydrogen-bond acceptors (Lipinski definition) is 3. The lowest BCUT2D eigenvalue weighted by Gasteiger charge is -2.28. The van der Waals surface area contributed by atoms with Crippen LogP contribution in [0.25, 0.3) is 0 Å². The van der Waals surface area contributed by atoms with E-state index in [1.165, 1.54) is 6.26 Å². The van der Waals surface area contributed by atoms with Crippen LogP contribution in [0.2, 0.25) is 0 Å². The Morgan fingerprint density at radius 1 is 1.47 bits per heavy atom. The van der Waals surface area contributed by atoms with E-state index in [2.05, 4.69) is 19.2 Å². The molecule has 0 amide bonds. The van der Waals surface area contributed by atoms with E-state index in [1.807, 2.05) is 0 Å². The SMILES string of the molecule is CC(C)CC1CNCCCN1S(C)(=O)=O. The quantitative estimate of drug-likeness (QED) is 0.780. The Morgan fingerprint density at radius 3 is 2.67 bits per heavy atom. The molecule has 0 spiro atoms. The van der Waals surface area contributed by atoms with Crippen molar-refractivity contribution >= 4 is 10.0 Å². The van der Waals surface area contributed by atoms with Crippen molar-refractivity contribution in [2.24, 2.45) is 5.92 Å². The van der Waals surface area contributed by atoms with Crippen molar-refractivity contribution in [3.8, 4) is 0 Å². The summed E-state index contributed by atoms with van der Waals surface area (Å²) < 4.78 is 24.9. The van der Waals surface area contributed by atoms with E-state index in [-0.39, 0.29) is 6.04 Å². The summed E-state index contributed by atoms with van der Waals surface area (Å²) in [5.74, 6) is 0.527. The summed E-state index contributed by atoms with van der Waals surface area (Å²) in [6, 6.07) is 0.127. The molecule has 0 aliphatic carbocycles. The minimum atomic E-state index is -3.05. The molecule has 1 atom stereocenters. The van der Waals surface area contributed by atoms with Gasteiger partial charge in [-0.25, -0.2) is 8.42 Å². The van der Waals surface area contributed by atoms with E-state index >= 15 is 0 Å². The van der Waals surface area contributed by atoms with Gasteiger partial charge in [0.1, 0.15) is 0 Å². The van der Waals surface area contributed by atoms with Crippen molar-refractivity contribution in [1.29, 1.82) is 0 Å². The molecule has 90 valence electrons. The van der Waals surface area contributed by atoms with Crippen molar-refractivity contribution < 1.29 is 8.42 Å². The first-order valence-electron chi connectivity index (χ1n) is 5.59. The lowest BCUT2D eigenvalue weighted by molar-refractivity contribution is 0.295. The molecule has 1 fully saturated rings. The number of nitrogens with one attached hydrogen (secondary N) is 1. The van der Waals surface area contributed by atoms with Gasteiger partial charge < -0.3 is 5.32 Å². The number of hydrogen-bond donors (Lipinski definition) is 1. The maximum absolute atomic E-state index is 11.6. The van der Waals surface area contributed by atoms with E-state index in [9.17, 15) is 8.42 Å². The summed E-state index contributed by atoms with van der Waals surface area (Å²) in [7, 11) is -3.05. The van der Waals surface area contributed by atoms with E-state index in [1.54, 1.807) is 4.31 Å². The van der Waals surface area contributed by atoms with Crippen LogP contribution in [0.1, 0.15) is 26.7 Å². The zero-order valence-electron chi connectivity index (χ0n) is 9.86. The van der Waals surface area contributed by atoms with Gasteiger partial charge in [0.2, 0.25) is 10.0 Å². The molecule has 5 heteroatoms. The van der Waals surface area contributed by atoms with Crippen LogP contribution in [0.4, 0.5) is 0 Å². The van der Waals surface area contributed by atoms with Gasteiger partial charge in [-0.15, -0.1) is 0 Å². The smallest absolute Gasteiger partial charge is 0.211 e. The van der Waals surface area contributed by atoms with E-state index in [4.69, 9.17) is 0 Å². The molecular formula is C10H22N2O2S. The Morgan fingerprint density at radius 2 is 2.13 bits per heavy atom. The minimum Gasteiger partial charge on any atom is -0.315 e. The highest BCUT2D eigenvalue weighted by Crippen LogP contribution is 2.16. The molecule has 0 saturated carbocycles. The molecule has 0 aromatic carbocycles. The molecule has 1 N–H and O–H groups in total. The first kappa shape index (κ1) is 12.9. The average molecular weight is 234 g/mol. The van der Waals surface area contributed by atoms with E-state index < -0.39 is 10.0 Å². The van der Waals surface area contributed by atoms with Gasteiger partial charge in [-0.05, 0) is 25.3 Å². The first-order valence-corrected chi connectivity index (χ1v) is 7.43. The average Bonchev–Trinajstić information content (AvgIpc) is 2.27. The van der Waals surface area contributed by atoms with Crippen molar-refractivity contribution in [3.63, 3.8) is 0 Å². The molecule has 1 aliphatic heterocycles. The lowest BCUT2D eigenvalue weighted by atomic mass is 10.0. The fraction of sp³-hybridized carbons (Fsp3) is 1.00. The Hall–Kier alpha value is -0.130. The third-order valence-corrected chi connectivity index (χ3v) is 4.02. The molecule has 4 nitrogen and oxygen atoms in total. The molecule has 1 heterocycles. The number of sulfonamides is 1. The Balaban J connectivity index is 2.76. The standard InChI is InChI=1S/C10H22N2O2S/c1-9(2)7-10-8-11-5-4-6-12(10)15(3,13)14/h9-11H,4-8H2,1-3H3. The summed E-state index contributed by atoms with van der Waals surface area (Å²) >= 11 is 0. The molecule has 1 rings (SSSR count). The highest BCUT2D eigenvalue weighted by molar-refractivity contribution is 7.88. The monoisotopic (exact) mass is 234 g/mol. The van der Waals surface area contributed by atoms with Crippen LogP contribution in [0.15, 0.2) is 0 Å². The summed E-state index contributed by atoms with van der Waals surface area (Å²) in [6.07, 6.45) is 3.15. The number of nitrogens with zero attached hydrogens (tertiary/aromatic N) is 1. The van der Waals surface area contributed by atoms with Crippen LogP contribution in [0.5, 0.6) is 0 Å². The predicted octanol–water partition coefficient (Wildman–Crippen LogP) is 0.656. The molecule has 0 aromatic heterocycles. The zero-order valence-corrected chi connectivity index (χ0v) is 10.7. The Bertz CT molecular complexity index is 288. The predicted molar refractivity (Wildman–Crippen MR) is 62.3 cm³/mol. The largest absolute Gasteiger partial charge is 0.315 e. The summed E-state index contributed by atoms with van der Waals surface area (Å²) in [5, 5.41) is 3.30. The van der Waals surface area contributed by atoms with Gasteiger partial charge in [0.25, 0.3) is 0 Å². The maximum Gasteiger partial charge on any atom is 0.211 e. The van der Waals surface area contributed by atoms with Crippen molar-refractivity contribution in [1.82, 2.24) is 9.62 Å².